The van der Waals surface area contributed by atoms with Gasteiger partial charge >= 0.3 is 0 Å². The van der Waals surface area contributed by atoms with Crippen LogP contribution in [-0.2, 0) is 0 Å². The molecular formula is C13H23N. The Labute approximate surface area is 88.6 Å². The lowest BCUT2D eigenvalue weighted by atomic mass is 9.85. The first kappa shape index (κ1) is 13.2. The summed E-state index contributed by atoms with van der Waals surface area (Å²) in [4.78, 5) is 4.08. The summed E-state index contributed by atoms with van der Waals surface area (Å²) in [6.07, 6.45) is 4.07. The van der Waals surface area contributed by atoms with Gasteiger partial charge in [0.2, 0.25) is 0 Å². The van der Waals surface area contributed by atoms with Crippen molar-refractivity contribution in [2.75, 3.05) is 7.05 Å². The van der Waals surface area contributed by atoms with Crippen LogP contribution in [0.2, 0.25) is 0 Å². The Morgan fingerprint density at radius 3 is 2.07 bits per heavy atom. The second kappa shape index (κ2) is 5.14. The van der Waals surface area contributed by atoms with E-state index in [4.69, 9.17) is 0 Å². The standard InChI is InChI=1S/C13H23N/c1-10(2)11(3)8-12(9-14-7)13(4,5)6/h8-10H,3H2,1-2,4-7H3/b12-8+,14-9?. The van der Waals surface area contributed by atoms with Gasteiger partial charge in [0.05, 0.1) is 0 Å². The van der Waals surface area contributed by atoms with Crippen LogP contribution in [0.15, 0.2) is 28.8 Å². The highest BCUT2D eigenvalue weighted by Gasteiger charge is 2.15. The lowest BCUT2D eigenvalue weighted by Gasteiger charge is -2.20. The van der Waals surface area contributed by atoms with Crippen LogP contribution in [0, 0.1) is 11.3 Å². The average molecular weight is 193 g/mol. The molecule has 0 N–H and O–H groups in total. The molecule has 0 aliphatic rings. The molecule has 1 heteroatoms. The van der Waals surface area contributed by atoms with Crippen molar-refractivity contribution in [1.29, 1.82) is 0 Å². The van der Waals surface area contributed by atoms with Crippen molar-refractivity contribution in [3.05, 3.63) is 23.8 Å². The lowest BCUT2D eigenvalue weighted by Crippen LogP contribution is -2.11. The molecule has 0 fully saturated rings. The maximum absolute atomic E-state index is 4.08. The van der Waals surface area contributed by atoms with Crippen LogP contribution in [0.25, 0.3) is 0 Å². The molecule has 0 aliphatic heterocycles. The Morgan fingerprint density at radius 1 is 1.29 bits per heavy atom. The molecule has 0 saturated heterocycles. The molecule has 0 atom stereocenters. The van der Waals surface area contributed by atoms with Gasteiger partial charge < -0.3 is 0 Å². The molecule has 1 nitrogen and oxygen atoms in total. The Hall–Kier alpha value is -0.850. The molecule has 0 aromatic carbocycles. The predicted octanol–water partition coefficient (Wildman–Crippen LogP) is 3.87. The molecule has 0 bridgehead atoms. The summed E-state index contributed by atoms with van der Waals surface area (Å²) in [5.74, 6) is 0.498. The van der Waals surface area contributed by atoms with Crippen LogP contribution in [0.3, 0.4) is 0 Å². The molecule has 0 radical (unpaired) electrons. The fourth-order valence-electron chi connectivity index (χ4n) is 0.953. The number of aliphatic imine (C=N–C) groups is 1. The summed E-state index contributed by atoms with van der Waals surface area (Å²) in [7, 11) is 1.80. The summed E-state index contributed by atoms with van der Waals surface area (Å²) < 4.78 is 0. The monoisotopic (exact) mass is 193 g/mol. The van der Waals surface area contributed by atoms with E-state index < -0.39 is 0 Å². The topological polar surface area (TPSA) is 12.4 Å². The third kappa shape index (κ3) is 4.40. The molecule has 0 aromatic rings. The first-order valence-corrected chi connectivity index (χ1v) is 5.12. The zero-order valence-electron chi connectivity index (χ0n) is 10.4. The second-order valence-electron chi connectivity index (χ2n) is 4.97. The molecule has 0 heterocycles. The van der Waals surface area contributed by atoms with E-state index in [2.05, 4.69) is 52.3 Å². The molecular weight excluding hydrogens is 170 g/mol. The average Bonchev–Trinajstić information content (AvgIpc) is 2.01. The fourth-order valence-corrected chi connectivity index (χ4v) is 0.953. The zero-order chi connectivity index (χ0) is 11.4. The van der Waals surface area contributed by atoms with Crippen LogP contribution in [-0.4, -0.2) is 13.3 Å². The zero-order valence-corrected chi connectivity index (χ0v) is 10.4. The van der Waals surface area contributed by atoms with Crippen LogP contribution >= 0.6 is 0 Å². The van der Waals surface area contributed by atoms with Gasteiger partial charge in [-0.15, -0.1) is 0 Å². The summed E-state index contributed by atoms with van der Waals surface area (Å²) in [6, 6.07) is 0. The normalized spacial score (nSPS) is 14.1. The van der Waals surface area contributed by atoms with Gasteiger partial charge in [-0.3, -0.25) is 4.99 Å². The molecule has 14 heavy (non-hydrogen) atoms. The number of hydrogen-bond acceptors (Lipinski definition) is 1. The lowest BCUT2D eigenvalue weighted by molar-refractivity contribution is 0.525. The highest BCUT2D eigenvalue weighted by atomic mass is 14.6. The van der Waals surface area contributed by atoms with Crippen LogP contribution in [0.5, 0.6) is 0 Å². The maximum Gasteiger partial charge on any atom is 0.0277 e. The van der Waals surface area contributed by atoms with Gasteiger partial charge in [0, 0.05) is 13.3 Å². The van der Waals surface area contributed by atoms with Crippen molar-refractivity contribution < 1.29 is 0 Å². The summed E-state index contributed by atoms with van der Waals surface area (Å²) in [5, 5.41) is 0. The number of hydrogen-bond donors (Lipinski definition) is 0. The van der Waals surface area contributed by atoms with Gasteiger partial charge in [-0.05, 0) is 16.9 Å². The maximum atomic E-state index is 4.08. The molecule has 80 valence electrons. The van der Waals surface area contributed by atoms with E-state index in [0.29, 0.717) is 5.92 Å². The van der Waals surface area contributed by atoms with E-state index in [9.17, 15) is 0 Å². The van der Waals surface area contributed by atoms with Crippen LogP contribution in [0.4, 0.5) is 0 Å². The first-order valence-electron chi connectivity index (χ1n) is 5.12. The third-order valence-electron chi connectivity index (χ3n) is 2.22. The highest BCUT2D eigenvalue weighted by molar-refractivity contribution is 5.80. The summed E-state index contributed by atoms with van der Waals surface area (Å²) >= 11 is 0. The Bertz CT molecular complexity index is 249. The molecule has 0 saturated carbocycles. The molecule has 0 aromatic heterocycles. The van der Waals surface area contributed by atoms with Gasteiger partial charge in [-0.1, -0.05) is 52.8 Å². The predicted molar refractivity (Wildman–Crippen MR) is 65.9 cm³/mol. The first-order chi connectivity index (χ1) is 6.29. The minimum Gasteiger partial charge on any atom is -0.296 e. The van der Waals surface area contributed by atoms with E-state index in [1.807, 2.05) is 6.21 Å². The molecule has 0 amide bonds. The number of nitrogens with zero attached hydrogens (tertiary/aromatic N) is 1. The molecule has 0 spiro atoms. The van der Waals surface area contributed by atoms with Gasteiger partial charge in [0.25, 0.3) is 0 Å². The van der Waals surface area contributed by atoms with Gasteiger partial charge in [-0.2, -0.15) is 0 Å². The Morgan fingerprint density at radius 2 is 1.79 bits per heavy atom. The Kier molecular flexibility index (Phi) is 4.82. The van der Waals surface area contributed by atoms with E-state index >= 15 is 0 Å². The van der Waals surface area contributed by atoms with Crippen molar-refractivity contribution in [1.82, 2.24) is 0 Å². The van der Waals surface area contributed by atoms with Crippen molar-refractivity contribution in [2.24, 2.45) is 16.3 Å². The highest BCUT2D eigenvalue weighted by Crippen LogP contribution is 2.25. The molecule has 0 rings (SSSR count). The van der Waals surface area contributed by atoms with Gasteiger partial charge in [0.15, 0.2) is 0 Å². The fraction of sp³-hybridized carbons (Fsp3) is 0.615. The van der Waals surface area contributed by atoms with Crippen molar-refractivity contribution in [3.8, 4) is 0 Å². The quantitative estimate of drug-likeness (QED) is 0.476. The molecule has 0 aliphatic carbocycles. The minimum absolute atomic E-state index is 0.136. The Balaban J connectivity index is 4.93. The van der Waals surface area contributed by atoms with Gasteiger partial charge in [0.1, 0.15) is 0 Å². The van der Waals surface area contributed by atoms with Crippen molar-refractivity contribution in [2.45, 2.75) is 34.6 Å². The SMILES string of the molecule is C=C(/C=C(\C=NC)C(C)(C)C)C(C)C. The van der Waals surface area contributed by atoms with E-state index in [0.717, 1.165) is 5.57 Å². The van der Waals surface area contributed by atoms with E-state index in [1.54, 1.807) is 7.05 Å². The summed E-state index contributed by atoms with van der Waals surface area (Å²) in [5.41, 5.74) is 2.53. The second-order valence-corrected chi connectivity index (χ2v) is 4.97. The van der Waals surface area contributed by atoms with Crippen molar-refractivity contribution >= 4 is 6.21 Å². The summed E-state index contributed by atoms with van der Waals surface area (Å²) in [6.45, 7) is 14.9. The van der Waals surface area contributed by atoms with Crippen LogP contribution < -0.4 is 0 Å². The third-order valence-corrected chi connectivity index (χ3v) is 2.22. The van der Waals surface area contributed by atoms with Crippen molar-refractivity contribution in [3.63, 3.8) is 0 Å². The number of rotatable bonds is 3. The van der Waals surface area contributed by atoms with Gasteiger partial charge in [-0.25, -0.2) is 0 Å². The molecule has 0 unspecified atom stereocenters. The van der Waals surface area contributed by atoms with E-state index in [1.165, 1.54) is 5.57 Å². The number of allylic oxidation sites excluding steroid dienone is 3. The minimum atomic E-state index is 0.136. The smallest absolute Gasteiger partial charge is 0.0277 e. The van der Waals surface area contributed by atoms with E-state index in [-0.39, 0.29) is 5.41 Å². The van der Waals surface area contributed by atoms with Crippen LogP contribution in [0.1, 0.15) is 34.6 Å². The largest absolute Gasteiger partial charge is 0.296 e.